The molecule has 2 rings (SSSR count). The van der Waals surface area contributed by atoms with Crippen LogP contribution in [0, 0.1) is 0 Å². The summed E-state index contributed by atoms with van der Waals surface area (Å²) in [5.41, 5.74) is 2.60. The van der Waals surface area contributed by atoms with Crippen LogP contribution in [0.5, 0.6) is 0 Å². The maximum absolute atomic E-state index is 5.30. The normalized spacial score (nSPS) is 10.2. The highest BCUT2D eigenvalue weighted by molar-refractivity contribution is 8.22. The zero-order valence-corrected chi connectivity index (χ0v) is 12.5. The van der Waals surface area contributed by atoms with E-state index in [1.54, 1.807) is 0 Å². The molecule has 3 heteroatoms. The highest BCUT2D eigenvalue weighted by Crippen LogP contribution is 2.22. The predicted molar refractivity (Wildman–Crippen MR) is 85.8 cm³/mol. The molecule has 0 atom stereocenters. The summed E-state index contributed by atoms with van der Waals surface area (Å²) in [5.74, 6) is 0. The summed E-state index contributed by atoms with van der Waals surface area (Å²) in [7, 11) is 0. The van der Waals surface area contributed by atoms with Gasteiger partial charge >= 0.3 is 0 Å². The van der Waals surface area contributed by atoms with Crippen molar-refractivity contribution < 1.29 is 4.74 Å². The predicted octanol–water partition coefficient (Wildman–Crippen LogP) is 4.69. The minimum Gasteiger partial charge on any atom is -0.479 e. The Morgan fingerprint density at radius 2 is 1.79 bits per heavy atom. The lowest BCUT2D eigenvalue weighted by Gasteiger charge is -2.06. The van der Waals surface area contributed by atoms with Gasteiger partial charge in [0, 0.05) is 4.90 Å². The first kappa shape index (κ1) is 14.1. The second-order valence-corrected chi connectivity index (χ2v) is 5.77. The van der Waals surface area contributed by atoms with Crippen LogP contribution in [0.15, 0.2) is 59.5 Å². The van der Waals surface area contributed by atoms with Crippen LogP contribution in [0.3, 0.4) is 0 Å². The summed E-state index contributed by atoms with van der Waals surface area (Å²) < 4.78 is 5.88. The highest BCUT2D eigenvalue weighted by atomic mass is 32.2. The highest BCUT2D eigenvalue weighted by Gasteiger charge is 2.02. The number of hydrogen-bond acceptors (Lipinski definition) is 3. The van der Waals surface area contributed by atoms with E-state index in [1.165, 1.54) is 22.9 Å². The van der Waals surface area contributed by atoms with Crippen molar-refractivity contribution in [1.82, 2.24) is 0 Å². The zero-order chi connectivity index (χ0) is 13.5. The van der Waals surface area contributed by atoms with Crippen LogP contribution in [0.2, 0.25) is 0 Å². The van der Waals surface area contributed by atoms with E-state index in [0.29, 0.717) is 11.0 Å². The van der Waals surface area contributed by atoms with Gasteiger partial charge in [0.15, 0.2) is 0 Å². The monoisotopic (exact) mass is 288 g/mol. The molecule has 0 bridgehead atoms. The molecule has 0 heterocycles. The van der Waals surface area contributed by atoms with E-state index in [0.717, 1.165) is 11.3 Å². The van der Waals surface area contributed by atoms with E-state index >= 15 is 0 Å². The molecule has 0 aliphatic carbocycles. The first-order chi connectivity index (χ1) is 9.28. The van der Waals surface area contributed by atoms with Crippen LogP contribution < -0.4 is 0 Å². The quantitative estimate of drug-likeness (QED) is 0.596. The fraction of sp³-hybridized carbons (Fsp3) is 0.188. The van der Waals surface area contributed by atoms with Gasteiger partial charge < -0.3 is 4.74 Å². The third kappa shape index (κ3) is 4.69. The summed E-state index contributed by atoms with van der Waals surface area (Å²) in [6.07, 6.45) is 0.941. The van der Waals surface area contributed by atoms with Gasteiger partial charge in [0.25, 0.3) is 0 Å². The Bertz CT molecular complexity index is 537. The maximum Gasteiger partial charge on any atom is 0.224 e. The standard InChI is InChI=1S/C16H16OS2/c1-2-17-16(18)19-15-10-6-9-14(12-15)11-13-7-4-3-5-8-13/h3-10,12H,2,11H2,1H3. The van der Waals surface area contributed by atoms with Gasteiger partial charge in [-0.25, -0.2) is 0 Å². The molecular formula is C16H16OS2. The third-order valence-corrected chi connectivity index (χ3v) is 3.75. The molecule has 0 radical (unpaired) electrons. The molecule has 1 nitrogen and oxygen atoms in total. The Balaban J connectivity index is 2.05. The molecule has 2 aromatic rings. The third-order valence-electron chi connectivity index (χ3n) is 2.61. The van der Waals surface area contributed by atoms with Crippen molar-refractivity contribution in [2.75, 3.05) is 6.61 Å². The first-order valence-electron chi connectivity index (χ1n) is 6.25. The zero-order valence-electron chi connectivity index (χ0n) is 10.8. The summed E-state index contributed by atoms with van der Waals surface area (Å²) in [5, 5.41) is 0. The van der Waals surface area contributed by atoms with Crippen molar-refractivity contribution in [3.63, 3.8) is 0 Å². The molecular weight excluding hydrogens is 272 g/mol. The van der Waals surface area contributed by atoms with E-state index in [1.807, 2.05) is 13.0 Å². The van der Waals surface area contributed by atoms with Crippen LogP contribution >= 0.6 is 24.0 Å². The topological polar surface area (TPSA) is 9.23 Å². The average molecular weight is 288 g/mol. The number of rotatable bonds is 4. The van der Waals surface area contributed by atoms with E-state index < -0.39 is 0 Å². The fourth-order valence-corrected chi connectivity index (χ4v) is 2.93. The van der Waals surface area contributed by atoms with Crippen LogP contribution in [0.25, 0.3) is 0 Å². The molecule has 0 aliphatic heterocycles. The Kier molecular flexibility index (Phi) is 5.43. The molecule has 0 saturated carbocycles. The lowest BCUT2D eigenvalue weighted by Crippen LogP contribution is -1.95. The molecule has 0 saturated heterocycles. The van der Waals surface area contributed by atoms with E-state index in [9.17, 15) is 0 Å². The van der Waals surface area contributed by atoms with Gasteiger partial charge in [-0.15, -0.1) is 0 Å². The SMILES string of the molecule is CCOC(=S)Sc1cccc(Cc2ccccc2)c1. The minimum absolute atomic E-state index is 0.583. The second kappa shape index (κ2) is 7.31. The van der Waals surface area contributed by atoms with Crippen LogP contribution in [-0.2, 0) is 11.2 Å². The van der Waals surface area contributed by atoms with Gasteiger partial charge in [0.1, 0.15) is 0 Å². The molecule has 98 valence electrons. The minimum atomic E-state index is 0.583. The summed E-state index contributed by atoms with van der Waals surface area (Å²) in [4.78, 5) is 1.13. The molecule has 0 fully saturated rings. The van der Waals surface area contributed by atoms with Gasteiger partial charge in [0.05, 0.1) is 6.61 Å². The molecule has 0 amide bonds. The number of benzene rings is 2. The van der Waals surface area contributed by atoms with Crippen molar-refractivity contribution in [3.8, 4) is 0 Å². The summed E-state index contributed by atoms with van der Waals surface area (Å²) in [6, 6.07) is 18.9. The summed E-state index contributed by atoms with van der Waals surface area (Å²) >= 11 is 6.65. The van der Waals surface area contributed by atoms with Gasteiger partial charge in [-0.3, -0.25) is 0 Å². The van der Waals surface area contributed by atoms with E-state index in [-0.39, 0.29) is 0 Å². The van der Waals surface area contributed by atoms with E-state index in [2.05, 4.69) is 48.5 Å². The Labute approximate surface area is 124 Å². The number of hydrogen-bond donors (Lipinski definition) is 0. The lowest BCUT2D eigenvalue weighted by molar-refractivity contribution is 0.346. The van der Waals surface area contributed by atoms with Crippen LogP contribution in [0.4, 0.5) is 0 Å². The van der Waals surface area contributed by atoms with Gasteiger partial charge in [0.2, 0.25) is 4.38 Å². The Morgan fingerprint density at radius 1 is 1.05 bits per heavy atom. The van der Waals surface area contributed by atoms with Gasteiger partial charge in [-0.1, -0.05) is 42.5 Å². The van der Waals surface area contributed by atoms with Gasteiger partial charge in [-0.05, 0) is 60.6 Å². The number of ether oxygens (including phenoxy) is 1. The van der Waals surface area contributed by atoms with Crippen molar-refractivity contribution in [3.05, 3.63) is 65.7 Å². The average Bonchev–Trinajstić information content (AvgIpc) is 2.40. The fourth-order valence-electron chi connectivity index (χ4n) is 1.79. The van der Waals surface area contributed by atoms with Crippen molar-refractivity contribution in [2.24, 2.45) is 0 Å². The van der Waals surface area contributed by atoms with Crippen molar-refractivity contribution in [2.45, 2.75) is 18.2 Å². The largest absolute Gasteiger partial charge is 0.479 e. The van der Waals surface area contributed by atoms with Crippen LogP contribution in [0.1, 0.15) is 18.1 Å². The molecule has 2 aromatic carbocycles. The Morgan fingerprint density at radius 3 is 2.53 bits per heavy atom. The second-order valence-electron chi connectivity index (χ2n) is 4.09. The Hall–Kier alpha value is -1.32. The van der Waals surface area contributed by atoms with Crippen LogP contribution in [-0.4, -0.2) is 11.0 Å². The van der Waals surface area contributed by atoms with Gasteiger partial charge in [-0.2, -0.15) is 0 Å². The first-order valence-corrected chi connectivity index (χ1v) is 7.48. The molecule has 19 heavy (non-hydrogen) atoms. The summed E-state index contributed by atoms with van der Waals surface area (Å²) in [6.45, 7) is 2.56. The molecule has 0 aliphatic rings. The number of thioether (sulfide) groups is 1. The number of thiocarbonyl (C=S) groups is 1. The lowest BCUT2D eigenvalue weighted by atomic mass is 10.1. The van der Waals surface area contributed by atoms with Crippen molar-refractivity contribution >= 4 is 28.4 Å². The smallest absolute Gasteiger partial charge is 0.224 e. The maximum atomic E-state index is 5.30. The molecule has 0 N–H and O–H groups in total. The van der Waals surface area contributed by atoms with E-state index in [4.69, 9.17) is 17.0 Å². The van der Waals surface area contributed by atoms with Crippen molar-refractivity contribution in [1.29, 1.82) is 0 Å². The molecule has 0 spiro atoms. The molecule has 0 aromatic heterocycles. The molecule has 0 unspecified atom stereocenters.